The molecule has 0 atom stereocenters. The molecule has 2 heterocycles. The number of hydrogen-bond acceptors (Lipinski definition) is 9. The summed E-state index contributed by atoms with van der Waals surface area (Å²) in [5, 5.41) is 0.125. The molecule has 0 aliphatic rings. The van der Waals surface area contributed by atoms with Gasteiger partial charge in [-0.3, -0.25) is 0 Å². The van der Waals surface area contributed by atoms with Crippen LogP contribution in [0, 0.1) is 6.92 Å². The van der Waals surface area contributed by atoms with Crippen LogP contribution in [0.4, 0.5) is 20.4 Å². The molecule has 0 spiro atoms. The summed E-state index contributed by atoms with van der Waals surface area (Å²) in [7, 11) is 1.48. The van der Waals surface area contributed by atoms with E-state index in [-0.39, 0.29) is 5.13 Å². The van der Waals surface area contributed by atoms with Gasteiger partial charge < -0.3 is 19.9 Å². The first-order valence-corrected chi connectivity index (χ1v) is 10.1. The fourth-order valence-corrected chi connectivity index (χ4v) is 3.38. The maximum absolute atomic E-state index is 12.8. The normalized spacial score (nSPS) is 11.7. The van der Waals surface area contributed by atoms with E-state index >= 15 is 0 Å². The van der Waals surface area contributed by atoms with Gasteiger partial charge in [0.2, 0.25) is 11.0 Å². The van der Waals surface area contributed by atoms with Gasteiger partial charge in [0.05, 0.1) is 23.4 Å². The number of thiazole rings is 1. The van der Waals surface area contributed by atoms with Crippen LogP contribution in [0.1, 0.15) is 47.2 Å². The molecule has 0 aromatic carbocycles. The molecule has 0 aliphatic carbocycles. The maximum atomic E-state index is 12.8. The van der Waals surface area contributed by atoms with Gasteiger partial charge in [-0.25, -0.2) is 19.6 Å². The highest BCUT2D eigenvalue weighted by Gasteiger charge is 2.35. The number of hydrogen-bond donors (Lipinski definition) is 1. The molecule has 2 aromatic heterocycles. The Morgan fingerprint density at radius 1 is 1.07 bits per heavy atom. The average molecular weight is 437 g/mol. The number of aryl methyl sites for hydroxylation is 1. The third kappa shape index (κ3) is 5.82. The summed E-state index contributed by atoms with van der Waals surface area (Å²) >= 11 is 1.13. The molecule has 9 nitrogen and oxygen atoms in total. The van der Waals surface area contributed by atoms with Gasteiger partial charge >= 0.3 is 12.2 Å². The van der Waals surface area contributed by atoms with Crippen molar-refractivity contribution in [3.63, 3.8) is 0 Å². The Hall–Kier alpha value is -2.88. The third-order valence-corrected chi connectivity index (χ3v) is 4.65. The summed E-state index contributed by atoms with van der Waals surface area (Å²) in [6.45, 7) is 12.0. The molecule has 164 valence electrons. The van der Waals surface area contributed by atoms with Crippen LogP contribution in [0.5, 0.6) is 5.88 Å². The third-order valence-electron chi connectivity index (χ3n) is 3.46. The quantitative estimate of drug-likeness (QED) is 0.730. The van der Waals surface area contributed by atoms with Crippen LogP contribution in [-0.2, 0) is 9.47 Å². The Morgan fingerprint density at radius 3 is 2.03 bits per heavy atom. The van der Waals surface area contributed by atoms with Crippen LogP contribution in [0.25, 0.3) is 10.4 Å². The van der Waals surface area contributed by atoms with Crippen LogP contribution in [0.15, 0.2) is 12.3 Å². The van der Waals surface area contributed by atoms with Crippen molar-refractivity contribution in [2.45, 2.75) is 59.7 Å². The van der Waals surface area contributed by atoms with Crippen LogP contribution in [0.2, 0.25) is 0 Å². The first-order chi connectivity index (χ1) is 13.7. The van der Waals surface area contributed by atoms with Crippen molar-refractivity contribution in [3.05, 3.63) is 18.0 Å². The summed E-state index contributed by atoms with van der Waals surface area (Å²) in [4.78, 5) is 35.7. The van der Waals surface area contributed by atoms with Gasteiger partial charge in [-0.15, -0.1) is 0 Å². The zero-order valence-corrected chi connectivity index (χ0v) is 19.3. The van der Waals surface area contributed by atoms with Crippen molar-refractivity contribution in [1.82, 2.24) is 9.97 Å². The highest BCUT2D eigenvalue weighted by molar-refractivity contribution is 7.19. The van der Waals surface area contributed by atoms with Gasteiger partial charge in [-0.2, -0.15) is 4.90 Å². The van der Waals surface area contributed by atoms with E-state index in [0.29, 0.717) is 27.7 Å². The Balaban J connectivity index is 2.49. The van der Waals surface area contributed by atoms with Gasteiger partial charge in [0.25, 0.3) is 0 Å². The molecular formula is C20H28N4O5S. The van der Waals surface area contributed by atoms with E-state index < -0.39 is 23.4 Å². The van der Waals surface area contributed by atoms with Gasteiger partial charge in [0, 0.05) is 11.8 Å². The van der Waals surface area contributed by atoms with E-state index in [4.69, 9.17) is 19.9 Å². The Morgan fingerprint density at radius 2 is 1.60 bits per heavy atom. The van der Waals surface area contributed by atoms with Crippen molar-refractivity contribution in [2.24, 2.45) is 0 Å². The number of aromatic nitrogens is 2. The second-order valence-corrected chi connectivity index (χ2v) is 9.51. The number of carbonyl (C=O) groups excluding carboxylic acids is 2. The number of nitrogens with two attached hydrogens (primary N) is 1. The molecule has 2 N–H and O–H groups in total. The summed E-state index contributed by atoms with van der Waals surface area (Å²) in [6.07, 6.45) is -0.154. The minimum Gasteiger partial charge on any atom is -0.480 e. The predicted octanol–water partition coefficient (Wildman–Crippen LogP) is 4.78. The number of carbonyl (C=O) groups is 2. The number of ether oxygens (including phenoxy) is 3. The average Bonchev–Trinajstić information content (AvgIpc) is 2.92. The lowest BCUT2D eigenvalue weighted by Crippen LogP contribution is -2.43. The second kappa shape index (κ2) is 8.47. The SMILES string of the molecule is COc1ncc(-c2sc(N(C(=O)OC(C)(C)C)C(=O)OC(C)(C)C)nc2C)cc1N. The van der Waals surface area contributed by atoms with Crippen molar-refractivity contribution in [1.29, 1.82) is 0 Å². The number of anilines is 2. The Bertz CT molecular complexity index is 916. The van der Waals surface area contributed by atoms with E-state index in [1.54, 1.807) is 60.7 Å². The molecule has 0 bridgehead atoms. The molecule has 0 unspecified atom stereocenters. The maximum Gasteiger partial charge on any atom is 0.426 e. The summed E-state index contributed by atoms with van der Waals surface area (Å²) in [5.74, 6) is 0.310. The van der Waals surface area contributed by atoms with Crippen molar-refractivity contribution >= 4 is 34.3 Å². The van der Waals surface area contributed by atoms with Gasteiger partial charge in [-0.05, 0) is 54.5 Å². The van der Waals surface area contributed by atoms with E-state index in [1.165, 1.54) is 7.11 Å². The van der Waals surface area contributed by atoms with Crippen molar-refractivity contribution in [3.8, 4) is 16.3 Å². The van der Waals surface area contributed by atoms with E-state index in [9.17, 15) is 9.59 Å². The van der Waals surface area contributed by atoms with Gasteiger partial charge in [0.1, 0.15) is 11.2 Å². The molecule has 2 rings (SSSR count). The highest BCUT2D eigenvalue weighted by atomic mass is 32.1. The summed E-state index contributed by atoms with van der Waals surface area (Å²) < 4.78 is 15.9. The fraction of sp³-hybridized carbons (Fsp3) is 0.500. The Labute approximate surface area is 180 Å². The van der Waals surface area contributed by atoms with Crippen LogP contribution < -0.4 is 15.4 Å². The van der Waals surface area contributed by atoms with Crippen molar-refractivity contribution < 1.29 is 23.8 Å². The monoisotopic (exact) mass is 436 g/mol. The molecule has 30 heavy (non-hydrogen) atoms. The number of imide groups is 1. The fourth-order valence-electron chi connectivity index (χ4n) is 2.36. The minimum absolute atomic E-state index is 0.125. The van der Waals surface area contributed by atoms with E-state index in [2.05, 4.69) is 9.97 Å². The lowest BCUT2D eigenvalue weighted by atomic mass is 10.2. The Kier molecular flexibility index (Phi) is 6.60. The minimum atomic E-state index is -0.871. The topological polar surface area (TPSA) is 117 Å². The lowest BCUT2D eigenvalue weighted by molar-refractivity contribution is 0.0430. The number of pyridine rings is 1. The molecule has 2 aromatic rings. The van der Waals surface area contributed by atoms with Crippen molar-refractivity contribution in [2.75, 3.05) is 17.7 Å². The smallest absolute Gasteiger partial charge is 0.426 e. The molecule has 0 aliphatic heterocycles. The van der Waals surface area contributed by atoms with Gasteiger partial charge in [-0.1, -0.05) is 11.3 Å². The highest BCUT2D eigenvalue weighted by Crippen LogP contribution is 2.37. The zero-order chi connectivity index (χ0) is 22.9. The number of methoxy groups -OCH3 is 1. The second-order valence-electron chi connectivity index (χ2n) is 8.53. The number of nitrogens with zero attached hydrogens (tertiary/aromatic N) is 3. The molecule has 0 saturated carbocycles. The van der Waals surface area contributed by atoms with E-state index in [0.717, 1.165) is 16.2 Å². The molecular weight excluding hydrogens is 408 g/mol. The molecule has 0 saturated heterocycles. The zero-order valence-electron chi connectivity index (χ0n) is 18.5. The number of amides is 2. The van der Waals surface area contributed by atoms with Crippen LogP contribution in [0.3, 0.4) is 0 Å². The standard InChI is InChI=1S/C20H28N4O5S/c1-11-14(12-9-13(21)15(27-8)22-10-12)30-16(23-11)24(17(25)28-19(2,3)4)18(26)29-20(5,6)7/h9-10H,21H2,1-8H3. The van der Waals surface area contributed by atoms with E-state index in [1.807, 2.05) is 0 Å². The van der Waals surface area contributed by atoms with Crippen LogP contribution >= 0.6 is 11.3 Å². The summed E-state index contributed by atoms with van der Waals surface area (Å²) in [5.41, 5.74) is 5.99. The molecule has 2 amide bonds. The first-order valence-electron chi connectivity index (χ1n) is 9.25. The molecule has 0 fully saturated rings. The van der Waals surface area contributed by atoms with Gasteiger partial charge in [0.15, 0.2) is 0 Å². The number of rotatable bonds is 3. The summed E-state index contributed by atoms with van der Waals surface area (Å²) in [6, 6.07) is 1.70. The predicted molar refractivity (Wildman–Crippen MR) is 116 cm³/mol. The largest absolute Gasteiger partial charge is 0.480 e. The number of nitrogen functional groups attached to an aromatic ring is 1. The lowest BCUT2D eigenvalue weighted by Gasteiger charge is -2.27. The molecule has 0 radical (unpaired) electrons. The van der Waals surface area contributed by atoms with Crippen LogP contribution in [-0.4, -0.2) is 40.5 Å². The first kappa shape index (κ1) is 23.4. The molecule has 10 heteroatoms.